The largest absolute Gasteiger partial charge is 0.494 e. The van der Waals surface area contributed by atoms with Gasteiger partial charge in [-0.25, -0.2) is 13.1 Å². The fraction of sp³-hybridized carbons (Fsp3) is 0.238. The summed E-state index contributed by atoms with van der Waals surface area (Å²) in [5, 5.41) is 3.60. The minimum Gasteiger partial charge on any atom is -0.494 e. The summed E-state index contributed by atoms with van der Waals surface area (Å²) in [5.74, 6) is 0.476. The Kier molecular flexibility index (Phi) is 6.86. The highest BCUT2D eigenvalue weighted by molar-refractivity contribution is 7.89. The number of ether oxygens (including phenoxy) is 1. The number of fused-ring (bicyclic) bond motifs is 1. The van der Waals surface area contributed by atoms with E-state index in [9.17, 15) is 18.0 Å². The molecule has 1 aromatic heterocycles. The highest BCUT2D eigenvalue weighted by Crippen LogP contribution is 2.18. The molecular formula is C21H23N3O5S. The molecule has 0 spiro atoms. The molecule has 3 aromatic rings. The zero-order chi connectivity index (χ0) is 21.6. The lowest BCUT2D eigenvalue weighted by Gasteiger charge is -2.09. The van der Waals surface area contributed by atoms with Crippen molar-refractivity contribution < 1.29 is 17.9 Å². The molecular weight excluding hydrogens is 406 g/mol. The molecule has 8 nitrogen and oxygen atoms in total. The van der Waals surface area contributed by atoms with Gasteiger partial charge in [-0.3, -0.25) is 9.59 Å². The molecule has 0 radical (unpaired) electrons. The third-order valence-electron chi connectivity index (χ3n) is 4.29. The van der Waals surface area contributed by atoms with Crippen LogP contribution in [0.3, 0.4) is 0 Å². The van der Waals surface area contributed by atoms with Crippen LogP contribution in [-0.2, 0) is 14.8 Å². The Labute approximate surface area is 174 Å². The molecule has 158 valence electrons. The number of hydrogen-bond acceptors (Lipinski definition) is 5. The minimum absolute atomic E-state index is 0.148. The van der Waals surface area contributed by atoms with Gasteiger partial charge in [0.15, 0.2) is 0 Å². The van der Waals surface area contributed by atoms with Crippen LogP contribution >= 0.6 is 0 Å². The van der Waals surface area contributed by atoms with Gasteiger partial charge in [-0.1, -0.05) is 6.92 Å². The third kappa shape index (κ3) is 5.68. The average Bonchev–Trinajstić information content (AvgIpc) is 2.71. The first-order valence-electron chi connectivity index (χ1n) is 9.53. The first-order valence-corrected chi connectivity index (χ1v) is 11.0. The van der Waals surface area contributed by atoms with E-state index in [4.69, 9.17) is 4.74 Å². The second-order valence-electron chi connectivity index (χ2n) is 6.60. The number of nitrogens with one attached hydrogen (secondary N) is 3. The number of anilines is 1. The molecule has 0 unspecified atom stereocenters. The van der Waals surface area contributed by atoms with E-state index in [1.165, 1.54) is 18.2 Å². The van der Waals surface area contributed by atoms with E-state index in [1.54, 1.807) is 37.3 Å². The SMILES string of the molecule is CCNS(=O)(=O)c1ccc(NC(=O)CCCOc2ccc3[nH]c(=O)ccc3c2)cc1. The van der Waals surface area contributed by atoms with Gasteiger partial charge in [-0.15, -0.1) is 0 Å². The van der Waals surface area contributed by atoms with E-state index >= 15 is 0 Å². The number of benzene rings is 2. The zero-order valence-corrected chi connectivity index (χ0v) is 17.3. The zero-order valence-electron chi connectivity index (χ0n) is 16.5. The van der Waals surface area contributed by atoms with E-state index in [-0.39, 0.29) is 22.8 Å². The van der Waals surface area contributed by atoms with E-state index < -0.39 is 10.0 Å². The molecule has 0 atom stereocenters. The van der Waals surface area contributed by atoms with Crippen molar-refractivity contribution in [1.82, 2.24) is 9.71 Å². The first kappa shape index (κ1) is 21.5. The number of aromatic amines is 1. The fourth-order valence-corrected chi connectivity index (χ4v) is 3.90. The summed E-state index contributed by atoms with van der Waals surface area (Å²) in [5.41, 5.74) is 1.11. The van der Waals surface area contributed by atoms with Crippen molar-refractivity contribution in [3.63, 3.8) is 0 Å². The summed E-state index contributed by atoms with van der Waals surface area (Å²) >= 11 is 0. The van der Waals surface area contributed by atoms with Crippen LogP contribution in [0.2, 0.25) is 0 Å². The summed E-state index contributed by atoms with van der Waals surface area (Å²) < 4.78 is 31.9. The number of hydrogen-bond donors (Lipinski definition) is 3. The number of amides is 1. The first-order chi connectivity index (χ1) is 14.4. The van der Waals surface area contributed by atoms with Gasteiger partial charge < -0.3 is 15.0 Å². The van der Waals surface area contributed by atoms with Gasteiger partial charge in [0.05, 0.1) is 11.5 Å². The van der Waals surface area contributed by atoms with Crippen molar-refractivity contribution in [2.45, 2.75) is 24.7 Å². The molecule has 3 rings (SSSR count). The van der Waals surface area contributed by atoms with E-state index in [0.717, 1.165) is 10.9 Å². The van der Waals surface area contributed by atoms with E-state index in [0.29, 0.717) is 31.0 Å². The molecule has 1 amide bonds. The number of aromatic nitrogens is 1. The van der Waals surface area contributed by atoms with Crippen molar-refractivity contribution in [2.75, 3.05) is 18.5 Å². The van der Waals surface area contributed by atoms with Crippen LogP contribution in [0, 0.1) is 0 Å². The molecule has 3 N–H and O–H groups in total. The monoisotopic (exact) mass is 429 g/mol. The lowest BCUT2D eigenvalue weighted by molar-refractivity contribution is -0.116. The van der Waals surface area contributed by atoms with Gasteiger partial charge in [0.1, 0.15) is 5.75 Å². The summed E-state index contributed by atoms with van der Waals surface area (Å²) in [6.07, 6.45) is 0.778. The number of rotatable bonds is 9. The van der Waals surface area contributed by atoms with Crippen molar-refractivity contribution in [3.05, 3.63) is 65.0 Å². The predicted octanol–water partition coefficient (Wildman–Crippen LogP) is 2.62. The molecule has 0 aliphatic carbocycles. The van der Waals surface area contributed by atoms with Crippen LogP contribution in [-0.4, -0.2) is 32.5 Å². The maximum Gasteiger partial charge on any atom is 0.248 e. The highest BCUT2D eigenvalue weighted by Gasteiger charge is 2.12. The lowest BCUT2D eigenvalue weighted by atomic mass is 10.2. The Morgan fingerprint density at radius 2 is 1.83 bits per heavy atom. The molecule has 0 bridgehead atoms. The summed E-state index contributed by atoms with van der Waals surface area (Å²) in [7, 11) is -3.51. The van der Waals surface area contributed by atoms with Crippen LogP contribution in [0.5, 0.6) is 5.75 Å². The second-order valence-corrected chi connectivity index (χ2v) is 8.36. The standard InChI is InChI=1S/C21H23N3O5S/c1-2-22-30(27,28)18-9-6-16(7-10-18)23-20(25)4-3-13-29-17-8-11-19-15(14-17)5-12-21(26)24-19/h5-12,14,22H,2-4,13H2,1H3,(H,23,25)(H,24,26). The van der Waals surface area contributed by atoms with Crippen molar-refractivity contribution in [2.24, 2.45) is 0 Å². The lowest BCUT2D eigenvalue weighted by Crippen LogP contribution is -2.23. The molecule has 30 heavy (non-hydrogen) atoms. The van der Waals surface area contributed by atoms with Crippen LogP contribution in [0.15, 0.2) is 64.3 Å². The Balaban J connectivity index is 1.46. The summed E-state index contributed by atoms with van der Waals surface area (Å²) in [6, 6.07) is 14.6. The van der Waals surface area contributed by atoms with Gasteiger partial charge in [-0.2, -0.15) is 0 Å². The maximum atomic E-state index is 12.1. The Bertz CT molecular complexity index is 1190. The van der Waals surface area contributed by atoms with Gasteiger partial charge in [0, 0.05) is 35.6 Å². The van der Waals surface area contributed by atoms with Gasteiger partial charge in [-0.05, 0) is 55.0 Å². The van der Waals surface area contributed by atoms with Gasteiger partial charge in [0.2, 0.25) is 21.5 Å². The van der Waals surface area contributed by atoms with E-state index in [1.807, 2.05) is 6.07 Å². The Hall–Kier alpha value is -3.17. The van der Waals surface area contributed by atoms with Gasteiger partial charge >= 0.3 is 0 Å². The normalized spacial score (nSPS) is 11.4. The number of carbonyl (C=O) groups excluding carboxylic acids is 1. The number of carbonyl (C=O) groups is 1. The number of H-pyrrole nitrogens is 1. The quantitative estimate of drug-likeness (QED) is 0.452. The van der Waals surface area contributed by atoms with Crippen molar-refractivity contribution in [3.8, 4) is 5.75 Å². The molecule has 0 saturated carbocycles. The van der Waals surface area contributed by atoms with Crippen molar-refractivity contribution in [1.29, 1.82) is 0 Å². The topological polar surface area (TPSA) is 117 Å². The number of sulfonamides is 1. The van der Waals surface area contributed by atoms with E-state index in [2.05, 4.69) is 15.0 Å². The smallest absolute Gasteiger partial charge is 0.248 e. The van der Waals surface area contributed by atoms with Crippen LogP contribution in [0.1, 0.15) is 19.8 Å². The Morgan fingerprint density at radius 1 is 1.07 bits per heavy atom. The molecule has 0 fully saturated rings. The Morgan fingerprint density at radius 3 is 2.57 bits per heavy atom. The molecule has 1 heterocycles. The molecule has 9 heteroatoms. The molecule has 2 aromatic carbocycles. The summed E-state index contributed by atoms with van der Waals surface area (Å²) in [4.78, 5) is 26.3. The van der Waals surface area contributed by atoms with Gasteiger partial charge in [0.25, 0.3) is 0 Å². The predicted molar refractivity (Wildman–Crippen MR) is 115 cm³/mol. The fourth-order valence-electron chi connectivity index (χ4n) is 2.86. The number of pyridine rings is 1. The highest BCUT2D eigenvalue weighted by atomic mass is 32.2. The molecule has 0 aliphatic heterocycles. The second kappa shape index (κ2) is 9.55. The van der Waals surface area contributed by atoms with Crippen LogP contribution in [0.4, 0.5) is 5.69 Å². The average molecular weight is 429 g/mol. The molecule has 0 aliphatic rings. The minimum atomic E-state index is -3.51. The maximum absolute atomic E-state index is 12.1. The summed E-state index contributed by atoms with van der Waals surface area (Å²) in [6.45, 7) is 2.38. The third-order valence-corrected chi connectivity index (χ3v) is 5.86. The van der Waals surface area contributed by atoms with Crippen LogP contribution < -0.4 is 20.3 Å². The molecule has 0 saturated heterocycles. The van der Waals surface area contributed by atoms with Crippen molar-refractivity contribution >= 4 is 32.5 Å². The van der Waals surface area contributed by atoms with Crippen LogP contribution in [0.25, 0.3) is 10.9 Å².